The molecule has 3 rings (SSSR count). The van der Waals surface area contributed by atoms with E-state index in [-0.39, 0.29) is 0 Å². The Morgan fingerprint density at radius 3 is 2.59 bits per heavy atom. The van der Waals surface area contributed by atoms with Gasteiger partial charge in [0.1, 0.15) is 18.0 Å². The molecule has 0 saturated carbocycles. The number of aromatic nitrogens is 3. The van der Waals surface area contributed by atoms with Gasteiger partial charge in [-0.1, -0.05) is 22.0 Å². The number of nitrogens with zero attached hydrogens (tertiary/aromatic N) is 3. The quantitative estimate of drug-likeness (QED) is 0.724. The molecule has 5 nitrogen and oxygen atoms in total. The number of hydrogen-bond donors (Lipinski definition) is 2. The van der Waals surface area contributed by atoms with E-state index in [9.17, 15) is 0 Å². The Morgan fingerprint density at radius 2 is 1.77 bits per heavy atom. The predicted octanol–water partition coefficient (Wildman–Crippen LogP) is 3.99. The average molecular weight is 356 g/mol. The highest BCUT2D eigenvalue weighted by Gasteiger charge is 2.00. The zero-order valence-electron chi connectivity index (χ0n) is 11.7. The van der Waals surface area contributed by atoms with E-state index in [4.69, 9.17) is 0 Å². The predicted molar refractivity (Wildman–Crippen MR) is 91.0 cm³/mol. The Bertz CT molecular complexity index is 748. The molecule has 3 aromatic rings. The molecule has 0 fully saturated rings. The first-order chi connectivity index (χ1) is 10.8. The smallest absolute Gasteiger partial charge is 0.135 e. The van der Waals surface area contributed by atoms with E-state index in [1.807, 2.05) is 42.5 Å². The van der Waals surface area contributed by atoms with Gasteiger partial charge < -0.3 is 10.6 Å². The molecule has 110 valence electrons. The van der Waals surface area contributed by atoms with Crippen molar-refractivity contribution in [3.8, 4) is 0 Å². The van der Waals surface area contributed by atoms with E-state index in [1.165, 1.54) is 6.33 Å². The molecule has 2 heterocycles. The Morgan fingerprint density at radius 1 is 0.955 bits per heavy atom. The minimum absolute atomic E-state index is 0.690. The fraction of sp³-hybridized carbons (Fsp3) is 0.0625. The number of benzene rings is 1. The van der Waals surface area contributed by atoms with E-state index >= 15 is 0 Å². The fourth-order valence-corrected chi connectivity index (χ4v) is 2.33. The molecule has 0 aliphatic carbocycles. The van der Waals surface area contributed by atoms with Gasteiger partial charge in [0.15, 0.2) is 0 Å². The van der Waals surface area contributed by atoms with E-state index in [2.05, 4.69) is 41.5 Å². The summed E-state index contributed by atoms with van der Waals surface area (Å²) in [6, 6.07) is 13.7. The van der Waals surface area contributed by atoms with Gasteiger partial charge >= 0.3 is 0 Å². The summed E-state index contributed by atoms with van der Waals surface area (Å²) < 4.78 is 1.02. The SMILES string of the molecule is Brc1cccc(Nc2cc(NCc3ccncc3)ncn2)c1. The van der Waals surface area contributed by atoms with Crippen molar-refractivity contribution in [2.24, 2.45) is 0 Å². The van der Waals surface area contributed by atoms with E-state index < -0.39 is 0 Å². The maximum Gasteiger partial charge on any atom is 0.135 e. The molecule has 0 unspecified atom stereocenters. The first kappa shape index (κ1) is 14.5. The molecule has 6 heteroatoms. The molecular weight excluding hydrogens is 342 g/mol. The summed E-state index contributed by atoms with van der Waals surface area (Å²) in [6.45, 7) is 0.690. The third-order valence-corrected chi connectivity index (χ3v) is 3.48. The van der Waals surface area contributed by atoms with Gasteiger partial charge in [-0.15, -0.1) is 0 Å². The summed E-state index contributed by atoms with van der Waals surface area (Å²) in [5.74, 6) is 1.51. The lowest BCUT2D eigenvalue weighted by atomic mass is 10.3. The molecule has 2 N–H and O–H groups in total. The number of halogens is 1. The lowest BCUT2D eigenvalue weighted by Crippen LogP contribution is -2.03. The summed E-state index contributed by atoms with van der Waals surface area (Å²) in [6.07, 6.45) is 5.09. The van der Waals surface area contributed by atoms with Crippen molar-refractivity contribution in [1.82, 2.24) is 15.0 Å². The second-order valence-corrected chi connectivity index (χ2v) is 5.55. The molecule has 0 aliphatic rings. The third-order valence-electron chi connectivity index (χ3n) is 2.99. The van der Waals surface area contributed by atoms with Crippen molar-refractivity contribution in [3.05, 3.63) is 71.2 Å². The van der Waals surface area contributed by atoms with Crippen molar-refractivity contribution in [2.45, 2.75) is 6.54 Å². The fourth-order valence-electron chi connectivity index (χ4n) is 1.93. The van der Waals surface area contributed by atoms with Crippen LogP contribution in [0.25, 0.3) is 0 Å². The Hall–Kier alpha value is -2.47. The number of nitrogens with one attached hydrogen (secondary N) is 2. The van der Waals surface area contributed by atoms with Gasteiger partial charge in [-0.25, -0.2) is 9.97 Å². The molecule has 0 radical (unpaired) electrons. The standard InChI is InChI=1S/C16H14BrN5/c17-13-2-1-3-14(8-13)22-16-9-15(20-11-21-16)19-10-12-4-6-18-7-5-12/h1-9,11H,10H2,(H2,19,20,21,22). The summed E-state index contributed by atoms with van der Waals surface area (Å²) in [5.41, 5.74) is 2.11. The van der Waals surface area contributed by atoms with E-state index in [1.54, 1.807) is 12.4 Å². The van der Waals surface area contributed by atoms with Crippen molar-refractivity contribution >= 4 is 33.3 Å². The molecule has 22 heavy (non-hydrogen) atoms. The van der Waals surface area contributed by atoms with Crippen LogP contribution in [-0.2, 0) is 6.54 Å². The number of pyridine rings is 1. The normalized spacial score (nSPS) is 10.2. The first-order valence-electron chi connectivity index (χ1n) is 6.77. The molecule has 0 atom stereocenters. The van der Waals surface area contributed by atoms with Crippen molar-refractivity contribution in [2.75, 3.05) is 10.6 Å². The van der Waals surface area contributed by atoms with Crippen molar-refractivity contribution in [3.63, 3.8) is 0 Å². The van der Waals surface area contributed by atoms with Gasteiger partial charge in [0.25, 0.3) is 0 Å². The monoisotopic (exact) mass is 355 g/mol. The zero-order chi connectivity index (χ0) is 15.2. The van der Waals surface area contributed by atoms with Crippen LogP contribution < -0.4 is 10.6 Å². The van der Waals surface area contributed by atoms with E-state index in [0.717, 1.165) is 27.4 Å². The average Bonchev–Trinajstić information content (AvgIpc) is 2.54. The van der Waals surface area contributed by atoms with E-state index in [0.29, 0.717) is 6.54 Å². The zero-order valence-corrected chi connectivity index (χ0v) is 13.3. The maximum absolute atomic E-state index is 4.23. The van der Waals surface area contributed by atoms with Crippen LogP contribution >= 0.6 is 15.9 Å². The second kappa shape index (κ2) is 7.00. The second-order valence-electron chi connectivity index (χ2n) is 4.63. The first-order valence-corrected chi connectivity index (χ1v) is 7.56. The number of hydrogen-bond acceptors (Lipinski definition) is 5. The van der Waals surface area contributed by atoms with Crippen LogP contribution in [0.3, 0.4) is 0 Å². The number of anilines is 3. The Balaban J connectivity index is 1.67. The Labute approximate surface area is 137 Å². The molecule has 0 aliphatic heterocycles. The van der Waals surface area contributed by atoms with Gasteiger partial charge in [-0.2, -0.15) is 0 Å². The largest absolute Gasteiger partial charge is 0.366 e. The molecule has 0 amide bonds. The highest BCUT2D eigenvalue weighted by Crippen LogP contribution is 2.20. The lowest BCUT2D eigenvalue weighted by Gasteiger charge is -2.09. The van der Waals surface area contributed by atoms with Gasteiger partial charge in [-0.05, 0) is 35.9 Å². The summed E-state index contributed by atoms with van der Waals surface area (Å²) in [4.78, 5) is 12.5. The minimum atomic E-state index is 0.690. The summed E-state index contributed by atoms with van der Waals surface area (Å²) in [7, 11) is 0. The highest BCUT2D eigenvalue weighted by molar-refractivity contribution is 9.10. The van der Waals surface area contributed by atoms with Crippen LogP contribution in [0.1, 0.15) is 5.56 Å². The van der Waals surface area contributed by atoms with Crippen LogP contribution in [-0.4, -0.2) is 15.0 Å². The van der Waals surface area contributed by atoms with Crippen LogP contribution in [0.5, 0.6) is 0 Å². The Kier molecular flexibility index (Phi) is 4.60. The molecule has 0 bridgehead atoms. The molecule has 0 saturated heterocycles. The number of rotatable bonds is 5. The molecule has 2 aromatic heterocycles. The van der Waals surface area contributed by atoms with Crippen molar-refractivity contribution in [1.29, 1.82) is 0 Å². The van der Waals surface area contributed by atoms with Gasteiger partial charge in [-0.3, -0.25) is 4.98 Å². The summed E-state index contributed by atoms with van der Waals surface area (Å²) in [5, 5.41) is 6.52. The van der Waals surface area contributed by atoms with Crippen LogP contribution in [0.2, 0.25) is 0 Å². The molecule has 1 aromatic carbocycles. The molecule has 0 spiro atoms. The van der Waals surface area contributed by atoms with Gasteiger partial charge in [0.05, 0.1) is 0 Å². The molecular formula is C16H14BrN5. The van der Waals surface area contributed by atoms with Crippen molar-refractivity contribution < 1.29 is 0 Å². The van der Waals surface area contributed by atoms with Gasteiger partial charge in [0, 0.05) is 35.2 Å². The van der Waals surface area contributed by atoms with Crippen LogP contribution in [0.4, 0.5) is 17.3 Å². The maximum atomic E-state index is 4.23. The summed E-state index contributed by atoms with van der Waals surface area (Å²) >= 11 is 3.45. The van der Waals surface area contributed by atoms with Crippen LogP contribution in [0.15, 0.2) is 65.7 Å². The van der Waals surface area contributed by atoms with Gasteiger partial charge in [0.2, 0.25) is 0 Å². The third kappa shape index (κ3) is 4.02. The lowest BCUT2D eigenvalue weighted by molar-refractivity contribution is 1.07. The minimum Gasteiger partial charge on any atom is -0.366 e. The topological polar surface area (TPSA) is 62.7 Å². The van der Waals surface area contributed by atoms with Crippen LogP contribution in [0, 0.1) is 0 Å². The highest BCUT2D eigenvalue weighted by atomic mass is 79.9.